The van der Waals surface area contributed by atoms with Gasteiger partial charge in [-0.2, -0.15) is 0 Å². The molecule has 1 atom stereocenters. The molecule has 1 aromatic carbocycles. The first-order valence-corrected chi connectivity index (χ1v) is 7.94. The van der Waals surface area contributed by atoms with Crippen LogP contribution in [0.2, 0.25) is 0 Å². The maximum absolute atomic E-state index is 12.4. The second kappa shape index (κ2) is 5.30. The van der Waals surface area contributed by atoms with Crippen LogP contribution in [0.5, 0.6) is 0 Å². The number of nitrogens with one attached hydrogen (secondary N) is 1. The van der Waals surface area contributed by atoms with E-state index in [1.807, 2.05) is 35.8 Å². The number of hydrogen-bond donors (Lipinski definition) is 1. The third-order valence-electron chi connectivity index (χ3n) is 4.56. The molecular formula is C19H17N3O2. The molecule has 1 saturated heterocycles. The van der Waals surface area contributed by atoms with E-state index in [-0.39, 0.29) is 11.8 Å². The molecule has 0 radical (unpaired) electrons. The molecule has 0 saturated carbocycles. The van der Waals surface area contributed by atoms with Crippen molar-refractivity contribution in [1.82, 2.24) is 14.9 Å². The first-order valence-electron chi connectivity index (χ1n) is 7.94. The van der Waals surface area contributed by atoms with E-state index < -0.39 is 6.04 Å². The lowest BCUT2D eigenvalue weighted by atomic mass is 10.1. The molecule has 1 aliphatic heterocycles. The van der Waals surface area contributed by atoms with Crippen LogP contribution >= 0.6 is 0 Å². The summed E-state index contributed by atoms with van der Waals surface area (Å²) in [7, 11) is 0. The van der Waals surface area contributed by atoms with Crippen LogP contribution in [-0.4, -0.2) is 21.4 Å². The van der Waals surface area contributed by atoms with Gasteiger partial charge in [0, 0.05) is 23.4 Å². The molecule has 24 heavy (non-hydrogen) atoms. The van der Waals surface area contributed by atoms with Crippen molar-refractivity contribution in [3.05, 3.63) is 48.7 Å². The van der Waals surface area contributed by atoms with E-state index in [2.05, 4.69) is 22.9 Å². The molecule has 1 N–H and O–H groups in total. The van der Waals surface area contributed by atoms with Crippen molar-refractivity contribution in [3.63, 3.8) is 0 Å². The Morgan fingerprint density at radius 2 is 2.08 bits per heavy atom. The summed E-state index contributed by atoms with van der Waals surface area (Å²) in [5, 5.41) is 4.48. The SMILES string of the molecule is C=C(C)c1cnc2c(c1)c1ccccc1n2C1CCC(=O)NC1=O. The number of amides is 2. The fourth-order valence-electron chi connectivity index (χ4n) is 3.35. The molecule has 0 bridgehead atoms. The van der Waals surface area contributed by atoms with Crippen LogP contribution < -0.4 is 5.32 Å². The Labute approximate surface area is 139 Å². The van der Waals surface area contributed by atoms with E-state index in [9.17, 15) is 9.59 Å². The van der Waals surface area contributed by atoms with E-state index in [0.29, 0.717) is 12.8 Å². The Kier molecular flexibility index (Phi) is 3.23. The number of aromatic nitrogens is 2. The minimum Gasteiger partial charge on any atom is -0.313 e. The van der Waals surface area contributed by atoms with E-state index in [1.165, 1.54) is 0 Å². The second-order valence-corrected chi connectivity index (χ2v) is 6.23. The average Bonchev–Trinajstić information content (AvgIpc) is 2.89. The fourth-order valence-corrected chi connectivity index (χ4v) is 3.35. The number of carbonyl (C=O) groups excluding carboxylic acids is 2. The van der Waals surface area contributed by atoms with Gasteiger partial charge in [0.2, 0.25) is 11.8 Å². The number of benzene rings is 1. The van der Waals surface area contributed by atoms with Crippen molar-refractivity contribution in [2.75, 3.05) is 0 Å². The van der Waals surface area contributed by atoms with Crippen LogP contribution in [-0.2, 0) is 9.59 Å². The predicted molar refractivity (Wildman–Crippen MR) is 93.4 cm³/mol. The molecule has 1 fully saturated rings. The summed E-state index contributed by atoms with van der Waals surface area (Å²) in [5.74, 6) is -0.478. The van der Waals surface area contributed by atoms with Crippen molar-refractivity contribution < 1.29 is 9.59 Å². The quantitative estimate of drug-likeness (QED) is 0.738. The van der Waals surface area contributed by atoms with E-state index >= 15 is 0 Å². The van der Waals surface area contributed by atoms with Gasteiger partial charge in [0.15, 0.2) is 0 Å². The maximum Gasteiger partial charge on any atom is 0.249 e. The maximum atomic E-state index is 12.4. The third kappa shape index (κ3) is 2.12. The third-order valence-corrected chi connectivity index (χ3v) is 4.56. The number of fused-ring (bicyclic) bond motifs is 3. The summed E-state index contributed by atoms with van der Waals surface area (Å²) < 4.78 is 1.95. The first kappa shape index (κ1) is 14.6. The van der Waals surface area contributed by atoms with E-state index in [1.54, 1.807) is 6.20 Å². The Morgan fingerprint density at radius 3 is 2.83 bits per heavy atom. The second-order valence-electron chi connectivity index (χ2n) is 6.23. The van der Waals surface area contributed by atoms with Gasteiger partial charge in [0.25, 0.3) is 0 Å². The molecule has 1 aliphatic rings. The molecule has 3 heterocycles. The summed E-state index contributed by atoms with van der Waals surface area (Å²) in [6.07, 6.45) is 2.61. The van der Waals surface area contributed by atoms with Gasteiger partial charge in [0.1, 0.15) is 11.7 Å². The van der Waals surface area contributed by atoms with Gasteiger partial charge >= 0.3 is 0 Å². The lowest BCUT2D eigenvalue weighted by molar-refractivity contribution is -0.135. The molecule has 0 spiro atoms. The molecule has 3 aromatic rings. The Hall–Kier alpha value is -2.95. The van der Waals surface area contributed by atoms with E-state index in [4.69, 9.17) is 0 Å². The highest BCUT2D eigenvalue weighted by molar-refractivity contribution is 6.09. The van der Waals surface area contributed by atoms with Gasteiger partial charge in [-0.3, -0.25) is 14.9 Å². The number of hydrogen-bond acceptors (Lipinski definition) is 3. The number of carbonyl (C=O) groups is 2. The minimum atomic E-state index is -0.423. The van der Waals surface area contributed by atoms with Crippen LogP contribution in [0, 0.1) is 0 Å². The molecule has 1 unspecified atom stereocenters. The Morgan fingerprint density at radius 1 is 1.29 bits per heavy atom. The zero-order valence-electron chi connectivity index (χ0n) is 13.4. The van der Waals surface area contributed by atoms with Gasteiger partial charge in [-0.05, 0) is 36.6 Å². The van der Waals surface area contributed by atoms with Gasteiger partial charge in [-0.25, -0.2) is 4.98 Å². The molecular weight excluding hydrogens is 302 g/mol. The minimum absolute atomic E-state index is 0.213. The molecule has 5 nitrogen and oxygen atoms in total. The van der Waals surface area contributed by atoms with Gasteiger partial charge in [0.05, 0.1) is 5.52 Å². The summed E-state index contributed by atoms with van der Waals surface area (Å²) in [6, 6.07) is 9.58. The zero-order valence-corrected chi connectivity index (χ0v) is 13.4. The highest BCUT2D eigenvalue weighted by Gasteiger charge is 2.30. The van der Waals surface area contributed by atoms with Crippen molar-refractivity contribution >= 4 is 39.3 Å². The molecule has 2 amide bonds. The lowest BCUT2D eigenvalue weighted by Crippen LogP contribution is -2.41. The number of piperidine rings is 1. The average molecular weight is 319 g/mol. The van der Waals surface area contributed by atoms with Crippen LogP contribution in [0.4, 0.5) is 0 Å². The molecule has 4 rings (SSSR count). The summed E-state index contributed by atoms with van der Waals surface area (Å²) in [5.41, 5.74) is 3.64. The van der Waals surface area contributed by atoms with Crippen molar-refractivity contribution in [2.24, 2.45) is 0 Å². The zero-order chi connectivity index (χ0) is 16.8. The highest BCUT2D eigenvalue weighted by Crippen LogP contribution is 2.34. The van der Waals surface area contributed by atoms with Gasteiger partial charge in [-0.1, -0.05) is 24.8 Å². The first-order chi connectivity index (χ1) is 11.6. The molecule has 2 aromatic heterocycles. The Balaban J connectivity index is 2.01. The van der Waals surface area contributed by atoms with Crippen LogP contribution in [0.3, 0.4) is 0 Å². The highest BCUT2D eigenvalue weighted by atomic mass is 16.2. The normalized spacial score (nSPS) is 18.1. The Bertz CT molecular complexity index is 1020. The number of rotatable bonds is 2. The van der Waals surface area contributed by atoms with Crippen LogP contribution in [0.15, 0.2) is 43.1 Å². The standard InChI is InChI=1S/C19H17N3O2/c1-11(2)12-9-14-13-5-3-4-6-15(13)22(18(14)20-10-12)16-7-8-17(23)21-19(16)24/h3-6,9-10,16H,1,7-8H2,2H3,(H,21,23,24). The lowest BCUT2D eigenvalue weighted by Gasteiger charge is -2.23. The molecule has 5 heteroatoms. The van der Waals surface area contributed by atoms with Crippen molar-refractivity contribution in [2.45, 2.75) is 25.8 Å². The van der Waals surface area contributed by atoms with Crippen molar-refractivity contribution in [3.8, 4) is 0 Å². The number of imide groups is 1. The van der Waals surface area contributed by atoms with Crippen LogP contribution in [0.25, 0.3) is 27.5 Å². The number of para-hydroxylation sites is 1. The summed E-state index contributed by atoms with van der Waals surface area (Å²) >= 11 is 0. The smallest absolute Gasteiger partial charge is 0.249 e. The van der Waals surface area contributed by atoms with Gasteiger partial charge in [-0.15, -0.1) is 0 Å². The van der Waals surface area contributed by atoms with E-state index in [0.717, 1.165) is 33.1 Å². The van der Waals surface area contributed by atoms with Gasteiger partial charge < -0.3 is 4.57 Å². The number of pyridine rings is 1. The number of nitrogens with zero attached hydrogens (tertiary/aromatic N) is 2. The summed E-state index contributed by atoms with van der Waals surface area (Å²) in [4.78, 5) is 28.4. The largest absolute Gasteiger partial charge is 0.313 e. The predicted octanol–water partition coefficient (Wildman–Crippen LogP) is 3.20. The molecule has 120 valence electrons. The monoisotopic (exact) mass is 319 g/mol. The summed E-state index contributed by atoms with van der Waals surface area (Å²) in [6.45, 7) is 5.93. The van der Waals surface area contributed by atoms with Crippen molar-refractivity contribution in [1.29, 1.82) is 0 Å². The fraction of sp³-hybridized carbons (Fsp3) is 0.211. The van der Waals surface area contributed by atoms with Crippen LogP contribution in [0.1, 0.15) is 31.4 Å². The topological polar surface area (TPSA) is 64.0 Å². The molecule has 0 aliphatic carbocycles. The number of allylic oxidation sites excluding steroid dienone is 1.